The molecule has 1 aliphatic rings. The SMILES string of the molecule is O=C(Nc1ncc(Cl)s1)N1CCN(c2cncnc2)CC1. The van der Waals surface area contributed by atoms with Crippen molar-refractivity contribution in [2.24, 2.45) is 0 Å². The highest BCUT2D eigenvalue weighted by Crippen LogP contribution is 2.23. The average molecular weight is 325 g/mol. The van der Waals surface area contributed by atoms with Crippen molar-refractivity contribution < 1.29 is 4.79 Å². The van der Waals surface area contributed by atoms with Crippen LogP contribution in [0.2, 0.25) is 4.34 Å². The highest BCUT2D eigenvalue weighted by atomic mass is 35.5. The summed E-state index contributed by atoms with van der Waals surface area (Å²) in [6.07, 6.45) is 6.59. The lowest BCUT2D eigenvalue weighted by molar-refractivity contribution is 0.208. The van der Waals surface area contributed by atoms with Crippen LogP contribution in [0.5, 0.6) is 0 Å². The Morgan fingerprint density at radius 3 is 2.52 bits per heavy atom. The van der Waals surface area contributed by atoms with E-state index in [9.17, 15) is 4.79 Å². The van der Waals surface area contributed by atoms with Crippen LogP contribution in [0.3, 0.4) is 0 Å². The summed E-state index contributed by atoms with van der Waals surface area (Å²) in [5.74, 6) is 0. The minimum atomic E-state index is -0.148. The van der Waals surface area contributed by atoms with Crippen LogP contribution >= 0.6 is 22.9 Å². The molecular formula is C12H13ClN6OS. The number of urea groups is 1. The van der Waals surface area contributed by atoms with E-state index < -0.39 is 0 Å². The van der Waals surface area contributed by atoms with Crippen LogP contribution in [0.4, 0.5) is 15.6 Å². The Balaban J connectivity index is 1.54. The van der Waals surface area contributed by atoms with E-state index in [2.05, 4.69) is 25.2 Å². The minimum absolute atomic E-state index is 0.148. The number of carbonyl (C=O) groups excluding carboxylic acids is 1. The van der Waals surface area contributed by atoms with Gasteiger partial charge >= 0.3 is 6.03 Å². The molecule has 1 N–H and O–H groups in total. The van der Waals surface area contributed by atoms with Gasteiger partial charge in [-0.25, -0.2) is 19.7 Å². The van der Waals surface area contributed by atoms with Crippen LogP contribution in [0.25, 0.3) is 0 Å². The fourth-order valence-electron chi connectivity index (χ4n) is 2.11. The lowest BCUT2D eigenvalue weighted by Crippen LogP contribution is -2.50. The summed E-state index contributed by atoms with van der Waals surface area (Å²) < 4.78 is 0.555. The molecule has 0 atom stereocenters. The second-order valence-corrected chi connectivity index (χ2v) is 6.13. The summed E-state index contributed by atoms with van der Waals surface area (Å²) in [5.41, 5.74) is 0.976. The van der Waals surface area contributed by atoms with Gasteiger partial charge in [-0.3, -0.25) is 5.32 Å². The average Bonchev–Trinajstić information content (AvgIpc) is 2.93. The molecule has 0 aliphatic carbocycles. The van der Waals surface area contributed by atoms with Crippen LogP contribution in [0, 0.1) is 0 Å². The molecule has 2 amide bonds. The number of hydrogen-bond donors (Lipinski definition) is 1. The number of halogens is 1. The molecule has 3 rings (SSSR count). The maximum Gasteiger partial charge on any atom is 0.323 e. The molecule has 0 saturated carbocycles. The number of carbonyl (C=O) groups is 1. The van der Waals surface area contributed by atoms with E-state index in [-0.39, 0.29) is 6.03 Å². The molecule has 9 heteroatoms. The highest BCUT2D eigenvalue weighted by molar-refractivity contribution is 7.19. The van der Waals surface area contributed by atoms with Gasteiger partial charge in [0.25, 0.3) is 0 Å². The minimum Gasteiger partial charge on any atom is -0.365 e. The molecular weight excluding hydrogens is 312 g/mol. The second kappa shape index (κ2) is 6.23. The van der Waals surface area contributed by atoms with Gasteiger partial charge in [0, 0.05) is 26.2 Å². The lowest BCUT2D eigenvalue weighted by atomic mass is 10.3. The first-order chi connectivity index (χ1) is 10.2. The summed E-state index contributed by atoms with van der Waals surface area (Å²) in [7, 11) is 0. The number of thiazole rings is 1. The third kappa shape index (κ3) is 3.40. The van der Waals surface area contributed by atoms with Crippen LogP contribution in [0.15, 0.2) is 24.9 Å². The highest BCUT2D eigenvalue weighted by Gasteiger charge is 2.22. The Morgan fingerprint density at radius 2 is 1.90 bits per heavy atom. The first-order valence-electron chi connectivity index (χ1n) is 6.39. The molecule has 1 aliphatic heterocycles. The molecule has 1 saturated heterocycles. The second-order valence-electron chi connectivity index (χ2n) is 4.47. The summed E-state index contributed by atoms with van der Waals surface area (Å²) in [4.78, 5) is 28.1. The third-order valence-electron chi connectivity index (χ3n) is 3.17. The molecule has 2 aromatic rings. The van der Waals surface area contributed by atoms with Crippen molar-refractivity contribution in [1.82, 2.24) is 19.9 Å². The topological polar surface area (TPSA) is 74.2 Å². The fourth-order valence-corrected chi connectivity index (χ4v) is 2.91. The molecule has 110 valence electrons. The zero-order valence-electron chi connectivity index (χ0n) is 11.1. The number of aromatic nitrogens is 3. The van der Waals surface area contributed by atoms with E-state index in [4.69, 9.17) is 11.6 Å². The lowest BCUT2D eigenvalue weighted by Gasteiger charge is -2.35. The van der Waals surface area contributed by atoms with Gasteiger partial charge in [0.05, 0.1) is 24.3 Å². The first-order valence-corrected chi connectivity index (χ1v) is 7.59. The number of hydrogen-bond acceptors (Lipinski definition) is 6. The van der Waals surface area contributed by atoms with Crippen LogP contribution in [-0.4, -0.2) is 52.1 Å². The predicted octanol–water partition coefficient (Wildman–Crippen LogP) is 1.94. The van der Waals surface area contributed by atoms with Crippen molar-refractivity contribution in [2.75, 3.05) is 36.4 Å². The molecule has 0 spiro atoms. The van der Waals surface area contributed by atoms with Gasteiger partial charge in [-0.05, 0) is 0 Å². The Bertz CT molecular complexity index is 613. The van der Waals surface area contributed by atoms with Crippen molar-refractivity contribution in [2.45, 2.75) is 0 Å². The first kappa shape index (κ1) is 14.0. The number of amides is 2. The van der Waals surface area contributed by atoms with E-state index in [1.54, 1.807) is 17.3 Å². The Morgan fingerprint density at radius 1 is 1.19 bits per heavy atom. The summed E-state index contributed by atoms with van der Waals surface area (Å²) >= 11 is 7.04. The quantitative estimate of drug-likeness (QED) is 0.913. The molecule has 0 unspecified atom stereocenters. The van der Waals surface area contributed by atoms with Crippen molar-refractivity contribution in [3.8, 4) is 0 Å². The molecule has 0 radical (unpaired) electrons. The van der Waals surface area contributed by atoms with Gasteiger partial charge < -0.3 is 9.80 Å². The zero-order chi connectivity index (χ0) is 14.7. The monoisotopic (exact) mass is 324 g/mol. The molecule has 0 aromatic carbocycles. The van der Waals surface area contributed by atoms with Crippen molar-refractivity contribution >= 4 is 39.8 Å². The third-order valence-corrected chi connectivity index (χ3v) is 4.20. The largest absolute Gasteiger partial charge is 0.365 e. The number of anilines is 2. The van der Waals surface area contributed by atoms with Crippen LogP contribution < -0.4 is 10.2 Å². The van der Waals surface area contributed by atoms with Crippen molar-refractivity contribution in [1.29, 1.82) is 0 Å². The van der Waals surface area contributed by atoms with Crippen molar-refractivity contribution in [3.05, 3.63) is 29.3 Å². The van der Waals surface area contributed by atoms with Crippen LogP contribution in [-0.2, 0) is 0 Å². The Kier molecular flexibility index (Phi) is 4.16. The molecule has 0 bridgehead atoms. The van der Waals surface area contributed by atoms with Crippen LogP contribution in [0.1, 0.15) is 0 Å². The summed E-state index contributed by atoms with van der Waals surface area (Å²) in [6, 6.07) is -0.148. The number of nitrogens with one attached hydrogen (secondary N) is 1. The van der Waals surface area contributed by atoms with Gasteiger partial charge in [-0.2, -0.15) is 0 Å². The van der Waals surface area contributed by atoms with Gasteiger partial charge in [-0.15, -0.1) is 0 Å². The standard InChI is InChI=1S/C12H13ClN6OS/c13-10-7-16-11(21-10)17-12(20)19-3-1-18(2-4-19)9-5-14-8-15-6-9/h5-8H,1-4H2,(H,16,17,20). The van der Waals surface area contributed by atoms with E-state index in [0.29, 0.717) is 22.6 Å². The van der Waals surface area contributed by atoms with E-state index in [1.165, 1.54) is 23.9 Å². The van der Waals surface area contributed by atoms with E-state index in [1.807, 2.05) is 0 Å². The normalized spacial score (nSPS) is 15.1. The summed E-state index contributed by atoms with van der Waals surface area (Å²) in [5, 5.41) is 3.27. The smallest absolute Gasteiger partial charge is 0.323 e. The molecule has 2 aromatic heterocycles. The number of rotatable bonds is 2. The molecule has 3 heterocycles. The molecule has 1 fully saturated rings. The zero-order valence-corrected chi connectivity index (χ0v) is 12.6. The fraction of sp³-hybridized carbons (Fsp3) is 0.333. The molecule has 7 nitrogen and oxygen atoms in total. The number of nitrogens with zero attached hydrogens (tertiary/aromatic N) is 5. The maximum atomic E-state index is 12.1. The Hall–Kier alpha value is -1.93. The predicted molar refractivity (Wildman–Crippen MR) is 82.0 cm³/mol. The van der Waals surface area contributed by atoms with Gasteiger partial charge in [0.15, 0.2) is 5.13 Å². The summed E-state index contributed by atoms with van der Waals surface area (Å²) in [6.45, 7) is 2.78. The van der Waals surface area contributed by atoms with Gasteiger partial charge in [0.2, 0.25) is 0 Å². The van der Waals surface area contributed by atoms with Gasteiger partial charge in [0.1, 0.15) is 10.7 Å². The van der Waals surface area contributed by atoms with E-state index in [0.717, 1.165) is 18.8 Å². The Labute approximate surface area is 130 Å². The van der Waals surface area contributed by atoms with Crippen molar-refractivity contribution in [3.63, 3.8) is 0 Å². The molecule has 21 heavy (non-hydrogen) atoms. The van der Waals surface area contributed by atoms with Gasteiger partial charge in [-0.1, -0.05) is 22.9 Å². The number of piperazine rings is 1. The maximum absolute atomic E-state index is 12.1. The van der Waals surface area contributed by atoms with E-state index >= 15 is 0 Å².